The first kappa shape index (κ1) is 16.1. The monoisotopic (exact) mass is 339 g/mol. The summed E-state index contributed by atoms with van der Waals surface area (Å²) in [5, 5.41) is 9.05. The van der Waals surface area contributed by atoms with Crippen molar-refractivity contribution in [2.75, 3.05) is 20.1 Å². The van der Waals surface area contributed by atoms with E-state index in [9.17, 15) is 4.79 Å². The van der Waals surface area contributed by atoms with Crippen molar-refractivity contribution >= 4 is 22.8 Å². The number of carbonyl (C=O) groups excluding carboxylic acids is 1. The molecule has 1 amide bonds. The first-order valence-electron chi connectivity index (χ1n) is 8.87. The normalized spacial score (nSPS) is 25.6. The molecule has 1 saturated heterocycles. The van der Waals surface area contributed by atoms with Gasteiger partial charge in [-0.2, -0.15) is 0 Å². The molecule has 2 heterocycles. The largest absolute Gasteiger partial charge is 0.370 e. The number of fused-ring (bicyclic) bond motifs is 2. The average molecular weight is 339 g/mol. The highest BCUT2D eigenvalue weighted by Gasteiger charge is 2.40. The molecule has 0 spiro atoms. The molecule has 1 fully saturated rings. The molecule has 1 aromatic carbocycles. The molecule has 0 saturated carbocycles. The molecule has 2 aliphatic rings. The van der Waals surface area contributed by atoms with Gasteiger partial charge < -0.3 is 15.6 Å². The maximum atomic E-state index is 11.8. The number of aromatic nitrogens is 1. The van der Waals surface area contributed by atoms with Gasteiger partial charge in [-0.1, -0.05) is 12.1 Å². The van der Waals surface area contributed by atoms with E-state index in [1.165, 1.54) is 33.9 Å². The third-order valence-electron chi connectivity index (χ3n) is 5.92. The molecule has 0 bridgehead atoms. The van der Waals surface area contributed by atoms with Crippen molar-refractivity contribution in [3.63, 3.8) is 0 Å². The van der Waals surface area contributed by atoms with E-state index in [4.69, 9.17) is 11.1 Å². The summed E-state index contributed by atoms with van der Waals surface area (Å²) in [6.07, 6.45) is 4.24. The van der Waals surface area contributed by atoms with Crippen LogP contribution in [0.1, 0.15) is 30.4 Å². The SMILES string of the molecule is CC(=O)N(CC1C[C@@H]2c3cccc4[nH]cc(c34)C[C@H]2N(C)C1)C(=N)N. The Kier molecular flexibility index (Phi) is 3.80. The van der Waals surface area contributed by atoms with Crippen molar-refractivity contribution in [2.24, 2.45) is 11.7 Å². The minimum atomic E-state index is -0.157. The van der Waals surface area contributed by atoms with Crippen molar-refractivity contribution in [3.8, 4) is 0 Å². The van der Waals surface area contributed by atoms with Gasteiger partial charge in [0.2, 0.25) is 5.91 Å². The number of likely N-dealkylation sites (N-methyl/N-ethyl adjacent to an activating group) is 1. The van der Waals surface area contributed by atoms with E-state index in [-0.39, 0.29) is 11.9 Å². The Hall–Kier alpha value is -2.34. The van der Waals surface area contributed by atoms with Gasteiger partial charge in [-0.3, -0.25) is 15.1 Å². The molecule has 0 radical (unpaired) electrons. The smallest absolute Gasteiger partial charge is 0.226 e. The van der Waals surface area contributed by atoms with E-state index in [0.717, 1.165) is 19.4 Å². The van der Waals surface area contributed by atoms with Gasteiger partial charge in [0, 0.05) is 49.1 Å². The van der Waals surface area contributed by atoms with Crippen LogP contribution >= 0.6 is 0 Å². The fourth-order valence-electron chi connectivity index (χ4n) is 4.84. The molecule has 132 valence electrons. The van der Waals surface area contributed by atoms with E-state index in [0.29, 0.717) is 24.4 Å². The minimum Gasteiger partial charge on any atom is -0.370 e. The number of aromatic amines is 1. The van der Waals surface area contributed by atoms with Crippen LogP contribution in [0.5, 0.6) is 0 Å². The fourth-order valence-corrected chi connectivity index (χ4v) is 4.84. The Bertz CT molecular complexity index is 827. The molecule has 6 nitrogen and oxygen atoms in total. The number of benzene rings is 1. The summed E-state index contributed by atoms with van der Waals surface area (Å²) in [6.45, 7) is 2.92. The molecule has 25 heavy (non-hydrogen) atoms. The number of piperidine rings is 1. The summed E-state index contributed by atoms with van der Waals surface area (Å²) >= 11 is 0. The van der Waals surface area contributed by atoms with Crippen LogP contribution in [-0.2, 0) is 11.2 Å². The van der Waals surface area contributed by atoms with Gasteiger partial charge in [0.25, 0.3) is 0 Å². The standard InChI is InChI=1S/C19H25N5O/c1-11(25)24(19(20)21)10-12-6-15-14-4-3-5-16-18(14)13(8-22-16)7-17(15)23(2)9-12/h3-5,8,12,15,17,22H,6-7,9-10H2,1-2H3,(H3,20,21)/t12?,15-,17-/m1/s1. The topological polar surface area (TPSA) is 89.2 Å². The summed E-state index contributed by atoms with van der Waals surface area (Å²) < 4.78 is 0. The van der Waals surface area contributed by atoms with Crippen LogP contribution < -0.4 is 5.73 Å². The van der Waals surface area contributed by atoms with Crippen LogP contribution in [0.2, 0.25) is 0 Å². The lowest BCUT2D eigenvalue weighted by atomic mass is 9.72. The van der Waals surface area contributed by atoms with Gasteiger partial charge in [-0.05, 0) is 43.0 Å². The molecular formula is C19H25N5O. The number of nitrogens with one attached hydrogen (secondary N) is 2. The number of nitrogens with two attached hydrogens (primary N) is 1. The second-order valence-corrected chi connectivity index (χ2v) is 7.52. The number of hydrogen-bond donors (Lipinski definition) is 3. The molecule has 6 heteroatoms. The quantitative estimate of drug-likeness (QED) is 0.576. The second-order valence-electron chi connectivity index (χ2n) is 7.52. The Morgan fingerprint density at radius 3 is 3.00 bits per heavy atom. The van der Waals surface area contributed by atoms with E-state index in [1.807, 2.05) is 0 Å². The molecule has 1 aliphatic carbocycles. The van der Waals surface area contributed by atoms with Crippen LogP contribution in [0.15, 0.2) is 24.4 Å². The number of guanidine groups is 1. The number of rotatable bonds is 2. The van der Waals surface area contributed by atoms with Gasteiger partial charge in [0.05, 0.1) is 0 Å². The van der Waals surface area contributed by atoms with Crippen molar-refractivity contribution < 1.29 is 4.79 Å². The number of H-pyrrole nitrogens is 1. The lowest BCUT2D eigenvalue weighted by Crippen LogP contribution is -2.52. The van der Waals surface area contributed by atoms with Crippen LogP contribution in [0.25, 0.3) is 10.9 Å². The first-order chi connectivity index (χ1) is 12.0. The van der Waals surface area contributed by atoms with Crippen LogP contribution in [0.4, 0.5) is 0 Å². The number of carbonyl (C=O) groups is 1. The summed E-state index contributed by atoms with van der Waals surface area (Å²) in [7, 11) is 2.17. The van der Waals surface area contributed by atoms with Gasteiger partial charge in [-0.25, -0.2) is 0 Å². The molecule has 2 aromatic rings. The Labute approximate surface area is 147 Å². The highest BCUT2D eigenvalue weighted by molar-refractivity contribution is 5.93. The van der Waals surface area contributed by atoms with E-state index >= 15 is 0 Å². The minimum absolute atomic E-state index is 0.157. The zero-order chi connectivity index (χ0) is 17.7. The van der Waals surface area contributed by atoms with Gasteiger partial charge in [-0.15, -0.1) is 0 Å². The number of likely N-dealkylation sites (tertiary alicyclic amines) is 1. The van der Waals surface area contributed by atoms with Crippen molar-refractivity contribution in [3.05, 3.63) is 35.5 Å². The van der Waals surface area contributed by atoms with Crippen LogP contribution in [0, 0.1) is 11.3 Å². The summed E-state index contributed by atoms with van der Waals surface area (Å²) in [5.74, 6) is 0.457. The van der Waals surface area contributed by atoms with Gasteiger partial charge >= 0.3 is 0 Å². The molecule has 1 unspecified atom stereocenters. The van der Waals surface area contributed by atoms with E-state index < -0.39 is 0 Å². The van der Waals surface area contributed by atoms with E-state index in [2.05, 4.69) is 41.3 Å². The average Bonchev–Trinajstić information content (AvgIpc) is 2.98. The first-order valence-corrected chi connectivity index (χ1v) is 8.87. The molecular weight excluding hydrogens is 314 g/mol. The predicted molar refractivity (Wildman–Crippen MR) is 98.6 cm³/mol. The zero-order valence-electron chi connectivity index (χ0n) is 14.7. The molecule has 3 atom stereocenters. The van der Waals surface area contributed by atoms with Crippen molar-refractivity contribution in [1.82, 2.24) is 14.8 Å². The summed E-state index contributed by atoms with van der Waals surface area (Å²) in [5.41, 5.74) is 9.64. The Morgan fingerprint density at radius 2 is 2.28 bits per heavy atom. The van der Waals surface area contributed by atoms with Crippen molar-refractivity contribution in [2.45, 2.75) is 31.7 Å². The third kappa shape index (κ3) is 2.61. The number of amides is 1. The Morgan fingerprint density at radius 1 is 1.48 bits per heavy atom. The third-order valence-corrected chi connectivity index (χ3v) is 5.92. The van der Waals surface area contributed by atoms with Gasteiger partial charge in [0.1, 0.15) is 0 Å². The van der Waals surface area contributed by atoms with E-state index in [1.54, 1.807) is 0 Å². The second kappa shape index (κ2) is 5.88. The highest BCUT2D eigenvalue weighted by Crippen LogP contribution is 2.44. The summed E-state index contributed by atoms with van der Waals surface area (Å²) in [6, 6.07) is 7.01. The molecule has 4 rings (SSSR count). The van der Waals surface area contributed by atoms with Gasteiger partial charge in [0.15, 0.2) is 5.96 Å². The summed E-state index contributed by atoms with van der Waals surface area (Å²) in [4.78, 5) is 19.0. The van der Waals surface area contributed by atoms with Crippen molar-refractivity contribution in [1.29, 1.82) is 5.41 Å². The molecule has 1 aliphatic heterocycles. The molecule has 4 N–H and O–H groups in total. The lowest BCUT2D eigenvalue weighted by Gasteiger charge is -2.46. The Balaban J connectivity index is 1.65. The maximum absolute atomic E-state index is 11.8. The molecule has 1 aromatic heterocycles. The zero-order valence-corrected chi connectivity index (χ0v) is 14.7. The lowest BCUT2D eigenvalue weighted by molar-refractivity contribution is -0.125. The predicted octanol–water partition coefficient (Wildman–Crippen LogP) is 1.87. The van der Waals surface area contributed by atoms with Crippen LogP contribution in [-0.4, -0.2) is 52.8 Å². The number of hydrogen-bond acceptors (Lipinski definition) is 3. The highest BCUT2D eigenvalue weighted by atomic mass is 16.2. The number of nitrogens with zero attached hydrogens (tertiary/aromatic N) is 2. The fraction of sp³-hybridized carbons (Fsp3) is 0.474. The maximum Gasteiger partial charge on any atom is 0.226 e. The van der Waals surface area contributed by atoms with Crippen LogP contribution in [0.3, 0.4) is 0 Å².